The van der Waals surface area contributed by atoms with E-state index in [1.54, 1.807) is 0 Å². The summed E-state index contributed by atoms with van der Waals surface area (Å²) in [6.07, 6.45) is 0. The third kappa shape index (κ3) is 2.99. The van der Waals surface area contributed by atoms with Crippen molar-refractivity contribution in [3.63, 3.8) is 0 Å². The van der Waals surface area contributed by atoms with Gasteiger partial charge in [0.15, 0.2) is 0 Å². The van der Waals surface area contributed by atoms with Gasteiger partial charge >= 0.3 is 0 Å². The van der Waals surface area contributed by atoms with E-state index in [1.807, 2.05) is 91.0 Å². The molecule has 0 aliphatic heterocycles. The van der Waals surface area contributed by atoms with Gasteiger partial charge in [-0.3, -0.25) is 0 Å². The third-order valence-corrected chi connectivity index (χ3v) is 4.75. The molecule has 0 heterocycles. The number of nitrogens with zero attached hydrogens (tertiary/aromatic N) is 1. The first kappa shape index (κ1) is 15.7. The predicted octanol–water partition coefficient (Wildman–Crippen LogP) is 6.78. The zero-order valence-electron chi connectivity index (χ0n) is 13.4. The minimum atomic E-state index is 0.282. The molecule has 0 atom stereocenters. The van der Waals surface area contributed by atoms with Crippen LogP contribution < -0.4 is 4.90 Å². The number of anilines is 3. The van der Waals surface area contributed by atoms with Crippen molar-refractivity contribution >= 4 is 43.8 Å². The molecule has 0 saturated carbocycles. The Hall–Kier alpha value is -2.78. The summed E-state index contributed by atoms with van der Waals surface area (Å²) in [5.41, 5.74) is 2.74. The van der Waals surface area contributed by atoms with Crippen LogP contribution in [-0.4, -0.2) is 5.11 Å². The molecule has 0 aliphatic rings. The normalized spacial score (nSPS) is 10.8. The van der Waals surface area contributed by atoms with Crippen molar-refractivity contribution in [3.05, 3.63) is 95.5 Å². The van der Waals surface area contributed by atoms with Gasteiger partial charge < -0.3 is 10.0 Å². The van der Waals surface area contributed by atoms with Crippen LogP contribution in [0.4, 0.5) is 17.1 Å². The second kappa shape index (κ2) is 6.61. The highest BCUT2D eigenvalue weighted by molar-refractivity contribution is 9.10. The zero-order valence-corrected chi connectivity index (χ0v) is 15.0. The molecule has 1 N–H and O–H groups in total. The third-order valence-electron chi connectivity index (χ3n) is 4.22. The van der Waals surface area contributed by atoms with Crippen LogP contribution >= 0.6 is 15.9 Å². The average Bonchev–Trinajstić information content (AvgIpc) is 2.66. The van der Waals surface area contributed by atoms with Gasteiger partial charge in [0.25, 0.3) is 0 Å². The number of hydrogen-bond acceptors (Lipinski definition) is 2. The molecule has 0 unspecified atom stereocenters. The predicted molar refractivity (Wildman–Crippen MR) is 108 cm³/mol. The van der Waals surface area contributed by atoms with Gasteiger partial charge in [-0.25, -0.2) is 0 Å². The van der Waals surface area contributed by atoms with Crippen LogP contribution in [0.5, 0.6) is 5.75 Å². The lowest BCUT2D eigenvalue weighted by atomic mass is 10.1. The highest BCUT2D eigenvalue weighted by atomic mass is 79.9. The molecule has 2 nitrogen and oxygen atoms in total. The molecule has 0 fully saturated rings. The summed E-state index contributed by atoms with van der Waals surface area (Å²) in [7, 11) is 0. The van der Waals surface area contributed by atoms with Crippen molar-refractivity contribution in [1.29, 1.82) is 0 Å². The molecule has 0 saturated heterocycles. The zero-order chi connectivity index (χ0) is 17.2. The van der Waals surface area contributed by atoms with Gasteiger partial charge in [-0.2, -0.15) is 0 Å². The Morgan fingerprint density at radius 3 is 2.04 bits per heavy atom. The highest BCUT2D eigenvalue weighted by Gasteiger charge is 2.17. The van der Waals surface area contributed by atoms with E-state index < -0.39 is 0 Å². The maximum Gasteiger partial charge on any atom is 0.147 e. The summed E-state index contributed by atoms with van der Waals surface area (Å²) < 4.78 is 1.02. The van der Waals surface area contributed by atoms with Gasteiger partial charge in [-0.05, 0) is 47.9 Å². The van der Waals surface area contributed by atoms with Crippen LogP contribution in [0, 0.1) is 0 Å². The van der Waals surface area contributed by atoms with Crippen molar-refractivity contribution in [3.8, 4) is 5.75 Å². The number of benzene rings is 4. The van der Waals surface area contributed by atoms with E-state index in [-0.39, 0.29) is 5.75 Å². The van der Waals surface area contributed by atoms with Gasteiger partial charge in [0, 0.05) is 21.2 Å². The fourth-order valence-corrected chi connectivity index (χ4v) is 3.28. The number of aromatic hydroxyl groups is 1. The van der Waals surface area contributed by atoms with Crippen LogP contribution in [0.3, 0.4) is 0 Å². The van der Waals surface area contributed by atoms with Crippen molar-refractivity contribution in [2.24, 2.45) is 0 Å². The summed E-state index contributed by atoms with van der Waals surface area (Å²) in [6.45, 7) is 0. The molecule has 0 spiro atoms. The summed E-state index contributed by atoms with van der Waals surface area (Å²) in [5.74, 6) is 0.282. The Bertz CT molecular complexity index is 1010. The molecule has 0 aromatic heterocycles. The van der Waals surface area contributed by atoms with Crippen LogP contribution in [0.1, 0.15) is 0 Å². The standard InChI is InChI=1S/C22H16BrNO/c23-17-11-13-19(14-12-17)24(18-7-2-1-3-8-18)21-15-10-16-6-4-5-9-20(16)22(21)25/h1-15,25H. The molecule has 25 heavy (non-hydrogen) atoms. The van der Waals surface area contributed by atoms with Gasteiger partial charge in [0.2, 0.25) is 0 Å². The fraction of sp³-hybridized carbons (Fsp3) is 0. The Balaban J connectivity index is 1.95. The topological polar surface area (TPSA) is 23.5 Å². The molecule has 4 aromatic rings. The molecular formula is C22H16BrNO. The van der Waals surface area contributed by atoms with Gasteiger partial charge in [0.05, 0.1) is 5.69 Å². The van der Waals surface area contributed by atoms with Gasteiger partial charge in [0.1, 0.15) is 5.75 Å². The second-order valence-electron chi connectivity index (χ2n) is 5.80. The van der Waals surface area contributed by atoms with Gasteiger partial charge in [-0.1, -0.05) is 64.5 Å². The smallest absolute Gasteiger partial charge is 0.147 e. The lowest BCUT2D eigenvalue weighted by Gasteiger charge is -2.26. The van der Waals surface area contributed by atoms with Crippen LogP contribution in [-0.2, 0) is 0 Å². The average molecular weight is 390 g/mol. The monoisotopic (exact) mass is 389 g/mol. The number of halogens is 1. The SMILES string of the molecule is Oc1c(N(c2ccccc2)c2ccc(Br)cc2)ccc2ccccc12. The molecule has 0 amide bonds. The molecule has 4 rings (SSSR count). The van der Waals surface area contributed by atoms with Crippen LogP contribution in [0.25, 0.3) is 10.8 Å². The first-order chi connectivity index (χ1) is 12.2. The Labute approximate surface area is 155 Å². The number of hydrogen-bond donors (Lipinski definition) is 1. The molecule has 3 heteroatoms. The molecular weight excluding hydrogens is 374 g/mol. The van der Waals surface area contributed by atoms with Gasteiger partial charge in [-0.15, -0.1) is 0 Å². The van der Waals surface area contributed by atoms with Crippen LogP contribution in [0.2, 0.25) is 0 Å². The van der Waals surface area contributed by atoms with Crippen LogP contribution in [0.15, 0.2) is 95.5 Å². The summed E-state index contributed by atoms with van der Waals surface area (Å²) >= 11 is 3.49. The Morgan fingerprint density at radius 1 is 0.640 bits per heavy atom. The summed E-state index contributed by atoms with van der Waals surface area (Å²) in [6, 6.07) is 30.0. The van der Waals surface area contributed by atoms with E-state index in [1.165, 1.54) is 0 Å². The van der Waals surface area contributed by atoms with Crippen molar-refractivity contribution in [2.75, 3.05) is 4.90 Å². The minimum absolute atomic E-state index is 0.282. The molecule has 0 bridgehead atoms. The summed E-state index contributed by atoms with van der Waals surface area (Å²) in [5, 5.41) is 12.8. The van der Waals surface area contributed by atoms with Crippen molar-refractivity contribution in [2.45, 2.75) is 0 Å². The van der Waals surface area contributed by atoms with E-state index >= 15 is 0 Å². The first-order valence-corrected chi connectivity index (χ1v) is 8.85. The Morgan fingerprint density at radius 2 is 1.28 bits per heavy atom. The number of phenols is 1. The second-order valence-corrected chi connectivity index (χ2v) is 6.72. The quantitative estimate of drug-likeness (QED) is 0.417. The molecule has 122 valence electrons. The first-order valence-electron chi connectivity index (χ1n) is 8.05. The van der Waals surface area contributed by atoms with Crippen molar-refractivity contribution in [1.82, 2.24) is 0 Å². The number of fused-ring (bicyclic) bond motifs is 1. The molecule has 0 radical (unpaired) electrons. The lowest BCUT2D eigenvalue weighted by molar-refractivity contribution is 0.483. The van der Waals surface area contributed by atoms with E-state index in [0.717, 1.165) is 32.3 Å². The van der Waals surface area contributed by atoms with E-state index in [0.29, 0.717) is 0 Å². The maximum absolute atomic E-state index is 10.9. The van der Waals surface area contributed by atoms with E-state index in [4.69, 9.17) is 0 Å². The minimum Gasteiger partial charge on any atom is -0.505 e. The van der Waals surface area contributed by atoms with E-state index in [2.05, 4.69) is 20.8 Å². The lowest BCUT2D eigenvalue weighted by Crippen LogP contribution is -2.10. The Kier molecular flexibility index (Phi) is 4.16. The number of para-hydroxylation sites is 1. The highest BCUT2D eigenvalue weighted by Crippen LogP contribution is 2.42. The number of rotatable bonds is 3. The molecule has 4 aromatic carbocycles. The number of phenolic OH excluding ortho intramolecular Hbond substituents is 1. The van der Waals surface area contributed by atoms with E-state index in [9.17, 15) is 5.11 Å². The molecule has 0 aliphatic carbocycles. The largest absolute Gasteiger partial charge is 0.505 e. The van der Waals surface area contributed by atoms with Crippen molar-refractivity contribution < 1.29 is 5.11 Å². The fourth-order valence-electron chi connectivity index (χ4n) is 3.02. The summed E-state index contributed by atoms with van der Waals surface area (Å²) in [4.78, 5) is 2.06. The maximum atomic E-state index is 10.9.